The van der Waals surface area contributed by atoms with Crippen LogP contribution in [-0.4, -0.2) is 42.3 Å². The number of carbonyl (C=O) groups is 2. The van der Waals surface area contributed by atoms with Crippen molar-refractivity contribution < 1.29 is 23.1 Å². The van der Waals surface area contributed by atoms with Gasteiger partial charge in [-0.1, -0.05) is 64.1 Å². The molecule has 2 atom stereocenters. The lowest BCUT2D eigenvalue weighted by atomic mass is 9.92. The Labute approximate surface area is 202 Å². The number of nitrogens with one attached hydrogen (secondary N) is 1. The first-order chi connectivity index (χ1) is 16.0. The summed E-state index contributed by atoms with van der Waals surface area (Å²) in [5, 5.41) is 12.3. The Morgan fingerprint density at radius 3 is 2.00 bits per heavy atom. The van der Waals surface area contributed by atoms with Crippen molar-refractivity contribution in [3.05, 3.63) is 65.2 Å². The topological polar surface area (TPSA) is 104 Å². The summed E-state index contributed by atoms with van der Waals surface area (Å²) in [5.74, 6) is -1.61. The molecule has 184 valence electrons. The normalized spacial score (nSPS) is 19.4. The van der Waals surface area contributed by atoms with Crippen molar-refractivity contribution in [2.45, 2.75) is 69.9 Å². The van der Waals surface area contributed by atoms with Crippen molar-refractivity contribution in [3.8, 4) is 0 Å². The van der Waals surface area contributed by atoms with E-state index < -0.39 is 33.9 Å². The fourth-order valence-corrected chi connectivity index (χ4v) is 5.79. The zero-order valence-electron chi connectivity index (χ0n) is 20.2. The average Bonchev–Trinajstić information content (AvgIpc) is 2.82. The van der Waals surface area contributed by atoms with Crippen LogP contribution in [0.25, 0.3) is 0 Å². The van der Waals surface area contributed by atoms with Crippen molar-refractivity contribution >= 4 is 21.9 Å². The summed E-state index contributed by atoms with van der Waals surface area (Å²) in [6.45, 7) is 8.47. The average molecular weight is 487 g/mol. The van der Waals surface area contributed by atoms with Gasteiger partial charge in [0.1, 0.15) is 6.04 Å². The Bertz CT molecular complexity index is 1110. The van der Waals surface area contributed by atoms with Gasteiger partial charge in [-0.2, -0.15) is 4.31 Å². The van der Waals surface area contributed by atoms with Gasteiger partial charge >= 0.3 is 5.97 Å². The zero-order chi connectivity index (χ0) is 25.0. The van der Waals surface area contributed by atoms with E-state index in [9.17, 15) is 23.1 Å². The van der Waals surface area contributed by atoms with Crippen LogP contribution in [0.4, 0.5) is 0 Å². The molecule has 1 heterocycles. The second kappa shape index (κ2) is 10.7. The highest BCUT2D eigenvalue weighted by molar-refractivity contribution is 7.89. The number of rotatable bonds is 8. The van der Waals surface area contributed by atoms with Gasteiger partial charge in [-0.05, 0) is 53.5 Å². The van der Waals surface area contributed by atoms with Gasteiger partial charge < -0.3 is 10.4 Å². The molecule has 8 heteroatoms. The van der Waals surface area contributed by atoms with E-state index >= 15 is 0 Å². The minimum atomic E-state index is -3.97. The molecular weight excluding hydrogens is 452 g/mol. The number of benzene rings is 2. The Balaban J connectivity index is 1.81. The lowest BCUT2D eigenvalue weighted by Crippen LogP contribution is -2.54. The van der Waals surface area contributed by atoms with Crippen LogP contribution in [0.3, 0.4) is 0 Å². The maximum Gasteiger partial charge on any atom is 0.306 e. The summed E-state index contributed by atoms with van der Waals surface area (Å²) in [5.41, 5.74) is 3.09. The predicted octanol–water partition coefficient (Wildman–Crippen LogP) is 4.10. The van der Waals surface area contributed by atoms with Crippen LogP contribution in [0.1, 0.15) is 69.1 Å². The Morgan fingerprint density at radius 1 is 0.971 bits per heavy atom. The SMILES string of the molecule is CC(C)c1ccc(CNC(=O)[C@H]2C[C@H](C(=O)O)CCN2S(=O)(=O)c2ccc(C(C)C)cc2)cc1. The second-order valence-corrected chi connectivity index (χ2v) is 11.4. The summed E-state index contributed by atoms with van der Waals surface area (Å²) in [7, 11) is -3.97. The first-order valence-corrected chi connectivity index (χ1v) is 13.2. The van der Waals surface area contributed by atoms with Gasteiger partial charge in [0.2, 0.25) is 15.9 Å². The smallest absolute Gasteiger partial charge is 0.306 e. The molecule has 0 spiro atoms. The van der Waals surface area contributed by atoms with E-state index in [0.29, 0.717) is 5.92 Å². The van der Waals surface area contributed by atoms with Crippen LogP contribution < -0.4 is 5.32 Å². The van der Waals surface area contributed by atoms with E-state index in [-0.39, 0.29) is 36.7 Å². The van der Waals surface area contributed by atoms with E-state index in [0.717, 1.165) is 15.4 Å². The number of piperidine rings is 1. The van der Waals surface area contributed by atoms with Crippen LogP contribution in [-0.2, 0) is 26.2 Å². The summed E-state index contributed by atoms with van der Waals surface area (Å²) < 4.78 is 28.0. The minimum Gasteiger partial charge on any atom is -0.481 e. The molecule has 3 rings (SSSR count). The molecule has 0 unspecified atom stereocenters. The van der Waals surface area contributed by atoms with E-state index in [4.69, 9.17) is 0 Å². The third kappa shape index (κ3) is 5.85. The maximum atomic E-state index is 13.4. The third-order valence-corrected chi connectivity index (χ3v) is 8.39. The van der Waals surface area contributed by atoms with Gasteiger partial charge in [0.25, 0.3) is 0 Å². The molecule has 1 aliphatic heterocycles. The first-order valence-electron chi connectivity index (χ1n) is 11.7. The molecule has 0 radical (unpaired) electrons. The van der Waals surface area contributed by atoms with Gasteiger partial charge in [0.05, 0.1) is 10.8 Å². The number of nitrogens with zero attached hydrogens (tertiary/aromatic N) is 1. The quantitative estimate of drug-likeness (QED) is 0.585. The molecule has 0 bridgehead atoms. The van der Waals surface area contributed by atoms with Crippen molar-refractivity contribution in [1.82, 2.24) is 9.62 Å². The zero-order valence-corrected chi connectivity index (χ0v) is 21.0. The molecule has 0 aromatic heterocycles. The molecule has 0 aliphatic carbocycles. The first kappa shape index (κ1) is 25.9. The van der Waals surface area contributed by atoms with Crippen molar-refractivity contribution in [3.63, 3.8) is 0 Å². The molecule has 0 saturated carbocycles. The number of sulfonamides is 1. The van der Waals surface area contributed by atoms with Crippen LogP contribution >= 0.6 is 0 Å². The molecule has 2 aromatic carbocycles. The van der Waals surface area contributed by atoms with E-state index in [1.54, 1.807) is 24.3 Å². The molecule has 1 aliphatic rings. The summed E-state index contributed by atoms with van der Waals surface area (Å²) >= 11 is 0. The lowest BCUT2D eigenvalue weighted by Gasteiger charge is -2.36. The van der Waals surface area contributed by atoms with E-state index in [1.165, 1.54) is 5.56 Å². The third-order valence-electron chi connectivity index (χ3n) is 6.47. The summed E-state index contributed by atoms with van der Waals surface area (Å²) in [6, 6.07) is 13.4. The highest BCUT2D eigenvalue weighted by Crippen LogP contribution is 2.30. The molecule has 7 nitrogen and oxygen atoms in total. The van der Waals surface area contributed by atoms with Crippen LogP contribution in [0.5, 0.6) is 0 Å². The predicted molar refractivity (Wildman–Crippen MR) is 131 cm³/mol. The molecule has 2 aromatic rings. The molecule has 1 amide bonds. The molecular formula is C26H34N2O5S. The number of hydrogen-bond acceptors (Lipinski definition) is 4. The van der Waals surface area contributed by atoms with Gasteiger partial charge in [-0.25, -0.2) is 8.42 Å². The highest BCUT2D eigenvalue weighted by atomic mass is 32.2. The largest absolute Gasteiger partial charge is 0.481 e. The molecule has 2 N–H and O–H groups in total. The molecule has 34 heavy (non-hydrogen) atoms. The Hall–Kier alpha value is -2.71. The Morgan fingerprint density at radius 2 is 1.50 bits per heavy atom. The van der Waals surface area contributed by atoms with Crippen LogP contribution in [0.15, 0.2) is 53.4 Å². The monoisotopic (exact) mass is 486 g/mol. The maximum absolute atomic E-state index is 13.4. The highest BCUT2D eigenvalue weighted by Gasteiger charge is 2.42. The molecule has 1 fully saturated rings. The van der Waals surface area contributed by atoms with Crippen molar-refractivity contribution in [1.29, 1.82) is 0 Å². The van der Waals surface area contributed by atoms with Gasteiger partial charge in [-0.15, -0.1) is 0 Å². The van der Waals surface area contributed by atoms with Crippen molar-refractivity contribution in [2.24, 2.45) is 5.92 Å². The summed E-state index contributed by atoms with van der Waals surface area (Å²) in [6.07, 6.45) is 0.107. The van der Waals surface area contributed by atoms with Gasteiger partial charge in [-0.3, -0.25) is 9.59 Å². The second-order valence-electron chi connectivity index (χ2n) is 9.53. The van der Waals surface area contributed by atoms with E-state index in [2.05, 4.69) is 19.2 Å². The number of hydrogen-bond donors (Lipinski definition) is 2. The molecule has 1 saturated heterocycles. The standard InChI is InChI=1S/C26H34N2O5S/c1-17(2)20-7-5-19(6-8-20)16-27-25(29)24-15-22(26(30)31)13-14-28(24)34(32,33)23-11-9-21(10-12-23)18(3)4/h5-12,17-18,22,24H,13-16H2,1-4H3,(H,27,29)(H,30,31)/t22-,24-/m1/s1. The lowest BCUT2D eigenvalue weighted by molar-refractivity contribution is -0.144. The fourth-order valence-electron chi connectivity index (χ4n) is 4.18. The fraction of sp³-hybridized carbons (Fsp3) is 0.462. The number of amides is 1. The van der Waals surface area contributed by atoms with Gasteiger partial charge in [0.15, 0.2) is 0 Å². The van der Waals surface area contributed by atoms with Crippen molar-refractivity contribution in [2.75, 3.05) is 6.54 Å². The van der Waals surface area contributed by atoms with E-state index in [1.807, 2.05) is 38.1 Å². The number of carboxylic acid groups (broad SMARTS) is 1. The van der Waals surface area contributed by atoms with Crippen LogP contribution in [0, 0.1) is 5.92 Å². The van der Waals surface area contributed by atoms with Gasteiger partial charge in [0, 0.05) is 13.1 Å². The summed E-state index contributed by atoms with van der Waals surface area (Å²) in [4.78, 5) is 24.9. The minimum absolute atomic E-state index is 0.0214. The number of carboxylic acids is 1. The van der Waals surface area contributed by atoms with Crippen LogP contribution in [0.2, 0.25) is 0 Å². The Kier molecular flexibility index (Phi) is 8.15. The number of carbonyl (C=O) groups excluding carboxylic acids is 1. The number of aliphatic carboxylic acids is 1.